The third kappa shape index (κ3) is 4.66. The van der Waals surface area contributed by atoms with E-state index in [9.17, 15) is 4.79 Å². The van der Waals surface area contributed by atoms with Crippen molar-refractivity contribution in [2.45, 2.75) is 24.5 Å². The van der Waals surface area contributed by atoms with Gasteiger partial charge < -0.3 is 4.90 Å². The molecule has 3 nitrogen and oxygen atoms in total. The van der Waals surface area contributed by atoms with Crippen LogP contribution in [0.2, 0.25) is 10.0 Å². The third-order valence-corrected chi connectivity index (χ3v) is 6.56. The van der Waals surface area contributed by atoms with Gasteiger partial charge in [-0.1, -0.05) is 29.3 Å². The van der Waals surface area contributed by atoms with E-state index in [1.54, 1.807) is 29.2 Å². The number of amides is 1. The molecule has 2 heterocycles. The maximum atomic E-state index is 12.5. The minimum Gasteiger partial charge on any atom is -0.341 e. The highest BCUT2D eigenvalue weighted by atomic mass is 35.5. The number of nitrogens with zero attached hydrogens (tertiary/aromatic N) is 2. The van der Waals surface area contributed by atoms with E-state index in [1.165, 1.54) is 0 Å². The van der Waals surface area contributed by atoms with Gasteiger partial charge in [-0.15, -0.1) is 23.1 Å². The fraction of sp³-hybridized carbons (Fsp3) is 0.412. The van der Waals surface area contributed by atoms with Gasteiger partial charge in [0, 0.05) is 46.4 Å². The van der Waals surface area contributed by atoms with Gasteiger partial charge in [0.25, 0.3) is 0 Å². The molecule has 1 atom stereocenters. The van der Waals surface area contributed by atoms with Crippen molar-refractivity contribution in [3.8, 4) is 0 Å². The molecule has 1 aliphatic heterocycles. The predicted octanol–water partition coefficient (Wildman–Crippen LogP) is 5.09. The van der Waals surface area contributed by atoms with Gasteiger partial charge in [0.1, 0.15) is 0 Å². The summed E-state index contributed by atoms with van der Waals surface area (Å²) in [6, 6.07) is 5.49. The molecule has 1 aromatic heterocycles. The highest BCUT2D eigenvalue weighted by Crippen LogP contribution is 2.29. The lowest BCUT2D eigenvalue weighted by atomic mass is 9.99. The number of thioether (sulfide) groups is 1. The number of thiazole rings is 1. The van der Waals surface area contributed by atoms with Gasteiger partial charge in [0.2, 0.25) is 5.91 Å². The van der Waals surface area contributed by atoms with Crippen LogP contribution in [0.1, 0.15) is 29.3 Å². The molecule has 0 radical (unpaired) electrons. The van der Waals surface area contributed by atoms with Gasteiger partial charge in [-0.25, -0.2) is 4.98 Å². The Morgan fingerprint density at radius 1 is 1.42 bits per heavy atom. The normalized spacial score (nSPS) is 17.9. The fourth-order valence-corrected chi connectivity index (χ4v) is 5.07. The second-order valence-electron chi connectivity index (χ2n) is 5.78. The lowest BCUT2D eigenvalue weighted by Gasteiger charge is -2.31. The molecule has 1 unspecified atom stereocenters. The molecule has 1 aromatic carbocycles. The van der Waals surface area contributed by atoms with E-state index in [0.717, 1.165) is 36.5 Å². The first-order valence-electron chi connectivity index (χ1n) is 7.82. The second-order valence-corrected chi connectivity index (χ2v) is 8.53. The summed E-state index contributed by atoms with van der Waals surface area (Å²) in [5.41, 5.74) is 1.01. The van der Waals surface area contributed by atoms with Crippen LogP contribution in [0.4, 0.5) is 0 Å². The molecule has 128 valence electrons. The minimum atomic E-state index is 0.200. The van der Waals surface area contributed by atoms with Gasteiger partial charge in [0.15, 0.2) is 0 Å². The topological polar surface area (TPSA) is 33.2 Å². The monoisotopic (exact) mass is 400 g/mol. The number of hydrogen-bond donors (Lipinski definition) is 0. The molecule has 0 saturated carbocycles. The lowest BCUT2D eigenvalue weighted by molar-refractivity contribution is -0.129. The molecule has 2 aromatic rings. The zero-order valence-electron chi connectivity index (χ0n) is 13.1. The first-order chi connectivity index (χ1) is 11.6. The van der Waals surface area contributed by atoms with Gasteiger partial charge in [0.05, 0.1) is 10.8 Å². The van der Waals surface area contributed by atoms with Crippen LogP contribution < -0.4 is 0 Å². The highest BCUT2D eigenvalue weighted by molar-refractivity contribution is 7.99. The molecular formula is C17H18Cl2N2OS2. The van der Waals surface area contributed by atoms with Crippen LogP contribution in [-0.4, -0.2) is 34.6 Å². The van der Waals surface area contributed by atoms with E-state index in [-0.39, 0.29) is 5.91 Å². The molecule has 24 heavy (non-hydrogen) atoms. The maximum absolute atomic E-state index is 12.5. The highest BCUT2D eigenvalue weighted by Gasteiger charge is 2.25. The number of aromatic nitrogens is 1. The smallest absolute Gasteiger partial charge is 0.232 e. The van der Waals surface area contributed by atoms with Crippen molar-refractivity contribution in [2.24, 2.45) is 0 Å². The molecule has 0 bridgehead atoms. The third-order valence-electron chi connectivity index (χ3n) is 4.07. The van der Waals surface area contributed by atoms with E-state index >= 15 is 0 Å². The summed E-state index contributed by atoms with van der Waals surface area (Å²) in [6.45, 7) is 1.64. The van der Waals surface area contributed by atoms with Crippen molar-refractivity contribution < 1.29 is 4.79 Å². The Kier molecular flexibility index (Phi) is 6.44. The first kappa shape index (κ1) is 18.1. The number of piperidine rings is 1. The molecular weight excluding hydrogens is 383 g/mol. The number of carbonyl (C=O) groups is 1. The summed E-state index contributed by atoms with van der Waals surface area (Å²) in [6.07, 6.45) is 4.00. The van der Waals surface area contributed by atoms with Gasteiger partial charge >= 0.3 is 0 Å². The Morgan fingerprint density at radius 2 is 2.29 bits per heavy atom. The maximum Gasteiger partial charge on any atom is 0.232 e. The van der Waals surface area contributed by atoms with Crippen molar-refractivity contribution in [1.29, 1.82) is 0 Å². The number of likely N-dealkylation sites (tertiary alicyclic amines) is 1. The molecule has 1 aliphatic rings. The Balaban J connectivity index is 1.49. The molecule has 1 amide bonds. The van der Waals surface area contributed by atoms with Crippen molar-refractivity contribution in [1.82, 2.24) is 9.88 Å². The van der Waals surface area contributed by atoms with Crippen LogP contribution in [0.15, 0.2) is 29.8 Å². The van der Waals surface area contributed by atoms with E-state index in [0.29, 0.717) is 27.5 Å². The molecule has 7 heteroatoms. The van der Waals surface area contributed by atoms with Crippen LogP contribution in [0.5, 0.6) is 0 Å². The second kappa shape index (κ2) is 8.56. The molecule has 0 spiro atoms. The number of carbonyl (C=O) groups excluding carboxylic acids is 1. The number of halogens is 2. The largest absolute Gasteiger partial charge is 0.341 e. The van der Waals surface area contributed by atoms with Crippen molar-refractivity contribution >= 4 is 52.2 Å². The summed E-state index contributed by atoms with van der Waals surface area (Å²) in [4.78, 5) is 18.9. The molecule has 0 N–H and O–H groups in total. The minimum absolute atomic E-state index is 0.200. The Hall–Kier alpha value is -0.750. The summed E-state index contributed by atoms with van der Waals surface area (Å²) in [5, 5.41) is 4.44. The van der Waals surface area contributed by atoms with Crippen LogP contribution in [0, 0.1) is 0 Å². The SMILES string of the molecule is O=C(CSCc1ccc(Cl)cc1Cl)N1CCCC(c2nccs2)C1. The summed E-state index contributed by atoms with van der Waals surface area (Å²) in [5.74, 6) is 1.78. The van der Waals surface area contributed by atoms with Gasteiger partial charge in [-0.2, -0.15) is 0 Å². The Bertz CT molecular complexity index is 694. The quantitative estimate of drug-likeness (QED) is 0.700. The summed E-state index contributed by atoms with van der Waals surface area (Å²) >= 11 is 15.3. The molecule has 1 saturated heterocycles. The average molecular weight is 401 g/mol. The van der Waals surface area contributed by atoms with E-state index in [1.807, 2.05) is 28.6 Å². The van der Waals surface area contributed by atoms with Crippen molar-refractivity contribution in [3.63, 3.8) is 0 Å². The zero-order valence-corrected chi connectivity index (χ0v) is 16.2. The summed E-state index contributed by atoms with van der Waals surface area (Å²) in [7, 11) is 0. The van der Waals surface area contributed by atoms with Gasteiger partial charge in [-0.05, 0) is 30.5 Å². The van der Waals surface area contributed by atoms with Crippen LogP contribution in [-0.2, 0) is 10.5 Å². The van der Waals surface area contributed by atoms with E-state index in [4.69, 9.17) is 23.2 Å². The molecule has 3 rings (SSSR count). The predicted molar refractivity (Wildman–Crippen MR) is 103 cm³/mol. The Labute approximate surface area is 160 Å². The van der Waals surface area contributed by atoms with Crippen LogP contribution in [0.3, 0.4) is 0 Å². The van der Waals surface area contributed by atoms with Crippen LogP contribution >= 0.6 is 46.3 Å². The van der Waals surface area contributed by atoms with Gasteiger partial charge in [-0.3, -0.25) is 4.79 Å². The molecule has 1 fully saturated rings. The first-order valence-corrected chi connectivity index (χ1v) is 10.6. The fourth-order valence-electron chi connectivity index (χ4n) is 2.82. The van der Waals surface area contributed by atoms with E-state index < -0.39 is 0 Å². The Morgan fingerprint density at radius 3 is 3.04 bits per heavy atom. The average Bonchev–Trinajstić information content (AvgIpc) is 3.11. The standard InChI is InChI=1S/C17H18Cl2N2OS2/c18-14-4-3-13(15(19)8-14)10-23-11-16(22)21-6-1-2-12(9-21)17-20-5-7-24-17/h3-5,7-8,12H,1-2,6,9-11H2. The van der Waals surface area contributed by atoms with Crippen molar-refractivity contribution in [3.05, 3.63) is 50.4 Å². The number of benzene rings is 1. The van der Waals surface area contributed by atoms with Crippen LogP contribution in [0.25, 0.3) is 0 Å². The lowest BCUT2D eigenvalue weighted by Crippen LogP contribution is -2.40. The number of rotatable bonds is 5. The van der Waals surface area contributed by atoms with Crippen molar-refractivity contribution in [2.75, 3.05) is 18.8 Å². The zero-order chi connectivity index (χ0) is 16.9. The number of hydrogen-bond acceptors (Lipinski definition) is 4. The summed E-state index contributed by atoms with van der Waals surface area (Å²) < 4.78 is 0. The molecule has 0 aliphatic carbocycles. The van der Waals surface area contributed by atoms with E-state index in [2.05, 4.69) is 4.98 Å².